The van der Waals surface area contributed by atoms with Crippen LogP contribution in [0.4, 0.5) is 9.18 Å². The van der Waals surface area contributed by atoms with Crippen LogP contribution in [0, 0.1) is 12.7 Å². The van der Waals surface area contributed by atoms with Crippen molar-refractivity contribution in [2.75, 3.05) is 13.7 Å². The predicted octanol–water partition coefficient (Wildman–Crippen LogP) is 3.04. The molecule has 0 unspecified atom stereocenters. The number of benzene rings is 1. The Kier molecular flexibility index (Phi) is 5.91. The van der Waals surface area contributed by atoms with Crippen molar-refractivity contribution in [1.29, 1.82) is 0 Å². The summed E-state index contributed by atoms with van der Waals surface area (Å²) < 4.78 is 23.4. The molecule has 122 valence electrons. The maximum Gasteiger partial charge on any atom is 0.411 e. The van der Waals surface area contributed by atoms with Gasteiger partial charge in [0.25, 0.3) is 0 Å². The SMILES string of the molecule is COC(=O)CN(Cc1ccc(C)c(F)c1)C(=O)OC(C)(C)C. The number of esters is 1. The van der Waals surface area contributed by atoms with E-state index in [2.05, 4.69) is 4.74 Å². The molecule has 0 aromatic heterocycles. The number of amides is 1. The second kappa shape index (κ2) is 7.24. The molecular formula is C16H22FNO4. The molecule has 0 N–H and O–H groups in total. The van der Waals surface area contributed by atoms with Gasteiger partial charge in [-0.15, -0.1) is 0 Å². The second-order valence-corrected chi connectivity index (χ2v) is 6.00. The van der Waals surface area contributed by atoms with Crippen molar-refractivity contribution >= 4 is 12.1 Å². The van der Waals surface area contributed by atoms with Gasteiger partial charge < -0.3 is 9.47 Å². The molecule has 0 saturated heterocycles. The third-order valence-electron chi connectivity index (χ3n) is 2.81. The Hall–Kier alpha value is -2.11. The fourth-order valence-corrected chi connectivity index (χ4v) is 1.69. The lowest BCUT2D eigenvalue weighted by molar-refractivity contribution is -0.142. The van der Waals surface area contributed by atoms with Crippen LogP contribution in [0.25, 0.3) is 0 Å². The molecule has 0 fully saturated rings. The highest BCUT2D eigenvalue weighted by atomic mass is 19.1. The number of ether oxygens (including phenoxy) is 2. The Morgan fingerprint density at radius 2 is 1.91 bits per heavy atom. The lowest BCUT2D eigenvalue weighted by atomic mass is 10.1. The number of rotatable bonds is 4. The predicted molar refractivity (Wildman–Crippen MR) is 79.8 cm³/mol. The molecule has 0 spiro atoms. The number of carbonyl (C=O) groups is 2. The fraction of sp³-hybridized carbons (Fsp3) is 0.500. The molecule has 0 atom stereocenters. The van der Waals surface area contributed by atoms with Crippen LogP contribution in [0.1, 0.15) is 31.9 Å². The van der Waals surface area contributed by atoms with E-state index in [-0.39, 0.29) is 18.9 Å². The summed E-state index contributed by atoms with van der Waals surface area (Å²) in [5.41, 5.74) is 0.391. The first-order valence-electron chi connectivity index (χ1n) is 6.92. The summed E-state index contributed by atoms with van der Waals surface area (Å²) in [7, 11) is 1.24. The van der Waals surface area contributed by atoms with E-state index in [1.807, 2.05) is 0 Å². The van der Waals surface area contributed by atoms with Crippen LogP contribution in [0.15, 0.2) is 18.2 Å². The van der Waals surface area contributed by atoms with Crippen molar-refractivity contribution in [3.05, 3.63) is 35.1 Å². The topological polar surface area (TPSA) is 55.8 Å². The first kappa shape index (κ1) is 17.9. The molecule has 0 aliphatic carbocycles. The smallest absolute Gasteiger partial charge is 0.411 e. The molecule has 1 amide bonds. The molecule has 0 saturated carbocycles. The number of hydrogen-bond acceptors (Lipinski definition) is 4. The Morgan fingerprint density at radius 1 is 1.27 bits per heavy atom. The van der Waals surface area contributed by atoms with Gasteiger partial charge in [-0.1, -0.05) is 12.1 Å². The minimum Gasteiger partial charge on any atom is -0.468 e. The Bertz CT molecular complexity index is 552. The first-order chi connectivity index (χ1) is 10.1. The number of methoxy groups -OCH3 is 1. The van der Waals surface area contributed by atoms with E-state index in [1.165, 1.54) is 18.1 Å². The highest BCUT2D eigenvalue weighted by molar-refractivity contribution is 5.78. The molecule has 0 aliphatic heterocycles. The molecule has 0 aliphatic rings. The zero-order chi connectivity index (χ0) is 16.9. The lowest BCUT2D eigenvalue weighted by Gasteiger charge is -2.26. The molecule has 0 radical (unpaired) electrons. The minimum absolute atomic E-state index is 0.0568. The second-order valence-electron chi connectivity index (χ2n) is 6.00. The monoisotopic (exact) mass is 311 g/mol. The summed E-state index contributed by atoms with van der Waals surface area (Å²) >= 11 is 0. The highest BCUT2D eigenvalue weighted by Gasteiger charge is 2.24. The van der Waals surface area contributed by atoms with Crippen LogP contribution in [0.2, 0.25) is 0 Å². The van der Waals surface area contributed by atoms with Crippen molar-refractivity contribution in [2.24, 2.45) is 0 Å². The third-order valence-corrected chi connectivity index (χ3v) is 2.81. The van der Waals surface area contributed by atoms with Gasteiger partial charge in [-0.25, -0.2) is 9.18 Å². The van der Waals surface area contributed by atoms with E-state index in [0.717, 1.165) is 0 Å². The van der Waals surface area contributed by atoms with Gasteiger partial charge in [0.15, 0.2) is 0 Å². The zero-order valence-corrected chi connectivity index (χ0v) is 13.6. The summed E-state index contributed by atoms with van der Waals surface area (Å²) in [6, 6.07) is 4.66. The molecule has 0 heterocycles. The van der Waals surface area contributed by atoms with Crippen molar-refractivity contribution < 1.29 is 23.5 Å². The van der Waals surface area contributed by atoms with Crippen LogP contribution < -0.4 is 0 Å². The fourth-order valence-electron chi connectivity index (χ4n) is 1.69. The van der Waals surface area contributed by atoms with Gasteiger partial charge in [-0.2, -0.15) is 0 Å². The van der Waals surface area contributed by atoms with Crippen LogP contribution in [-0.4, -0.2) is 36.2 Å². The average molecular weight is 311 g/mol. The van der Waals surface area contributed by atoms with Gasteiger partial charge in [0.05, 0.1) is 7.11 Å². The molecule has 1 aromatic carbocycles. The minimum atomic E-state index is -0.690. The third kappa shape index (κ3) is 5.71. The lowest BCUT2D eigenvalue weighted by Crippen LogP contribution is -2.39. The zero-order valence-electron chi connectivity index (χ0n) is 13.6. The van der Waals surface area contributed by atoms with E-state index in [1.54, 1.807) is 39.8 Å². The van der Waals surface area contributed by atoms with Crippen molar-refractivity contribution in [3.8, 4) is 0 Å². The quantitative estimate of drug-likeness (QED) is 0.802. The average Bonchev–Trinajstić information content (AvgIpc) is 2.40. The highest BCUT2D eigenvalue weighted by Crippen LogP contribution is 2.15. The molecular weight excluding hydrogens is 289 g/mol. The maximum absolute atomic E-state index is 13.6. The molecule has 6 heteroatoms. The van der Waals surface area contributed by atoms with Crippen LogP contribution in [-0.2, 0) is 20.8 Å². The van der Waals surface area contributed by atoms with Crippen molar-refractivity contribution in [2.45, 2.75) is 39.8 Å². The maximum atomic E-state index is 13.6. The van der Waals surface area contributed by atoms with Gasteiger partial charge in [0.2, 0.25) is 0 Å². The number of halogens is 1. The number of carbonyl (C=O) groups excluding carboxylic acids is 2. The van der Waals surface area contributed by atoms with E-state index in [9.17, 15) is 14.0 Å². The number of nitrogens with zero attached hydrogens (tertiary/aromatic N) is 1. The molecule has 0 bridgehead atoms. The molecule has 22 heavy (non-hydrogen) atoms. The largest absolute Gasteiger partial charge is 0.468 e. The van der Waals surface area contributed by atoms with E-state index in [4.69, 9.17) is 4.74 Å². The number of hydrogen-bond donors (Lipinski definition) is 0. The van der Waals surface area contributed by atoms with Crippen molar-refractivity contribution in [3.63, 3.8) is 0 Å². The summed E-state index contributed by atoms with van der Waals surface area (Å²) in [6.07, 6.45) is -0.654. The van der Waals surface area contributed by atoms with E-state index >= 15 is 0 Å². The molecule has 1 aromatic rings. The van der Waals surface area contributed by atoms with Gasteiger partial charge >= 0.3 is 12.1 Å². The first-order valence-corrected chi connectivity index (χ1v) is 6.92. The van der Waals surface area contributed by atoms with E-state index < -0.39 is 17.7 Å². The van der Waals surface area contributed by atoms with Crippen LogP contribution in [0.5, 0.6) is 0 Å². The van der Waals surface area contributed by atoms with Crippen LogP contribution >= 0.6 is 0 Å². The van der Waals surface area contributed by atoms with Gasteiger partial charge in [0, 0.05) is 6.54 Å². The van der Waals surface area contributed by atoms with E-state index in [0.29, 0.717) is 11.1 Å². The summed E-state index contributed by atoms with van der Waals surface area (Å²) in [6.45, 7) is 6.63. The summed E-state index contributed by atoms with van der Waals surface area (Å²) in [5, 5.41) is 0. The van der Waals surface area contributed by atoms with Gasteiger partial charge in [-0.05, 0) is 44.9 Å². The van der Waals surface area contributed by atoms with Crippen LogP contribution in [0.3, 0.4) is 0 Å². The standard InChI is InChI=1S/C16H22FNO4/c1-11-6-7-12(8-13(11)17)9-18(10-14(19)21-5)15(20)22-16(2,3)4/h6-8H,9-10H2,1-5H3. The molecule has 5 nitrogen and oxygen atoms in total. The van der Waals surface area contributed by atoms with Gasteiger partial charge in [0.1, 0.15) is 18.0 Å². The van der Waals surface area contributed by atoms with Crippen molar-refractivity contribution in [1.82, 2.24) is 4.90 Å². The number of aryl methyl sites for hydroxylation is 1. The Morgan fingerprint density at radius 3 is 2.41 bits per heavy atom. The molecule has 1 rings (SSSR count). The summed E-state index contributed by atoms with van der Waals surface area (Å²) in [4.78, 5) is 24.8. The summed E-state index contributed by atoms with van der Waals surface area (Å²) in [5.74, 6) is -0.932. The normalized spacial score (nSPS) is 11.0. The Balaban J connectivity index is 2.91. The van der Waals surface area contributed by atoms with Gasteiger partial charge in [-0.3, -0.25) is 9.69 Å². The Labute approximate surface area is 130 Å².